The van der Waals surface area contributed by atoms with Crippen LogP contribution >= 0.6 is 7.37 Å². The number of hydrogen-bond donors (Lipinski definition) is 2. The van der Waals surface area contributed by atoms with E-state index < -0.39 is 36.8 Å². The molecule has 2 heterocycles. The van der Waals surface area contributed by atoms with E-state index >= 15 is 0 Å². The standard InChI is InChI=1S/C24H22F2N5O4P/c1-3-35-36(2,34)19-10-6-16(7-11-19)21(15-4-8-17(25)9-5-15)29-22(32)20-13-27-24(30-23(20)33)31-14-18(26)12-28-31/h4-14,21H,3H2,1-2H3,(H,29,32)(H,27,30,33)/t21-,36?/m1/s1. The summed E-state index contributed by atoms with van der Waals surface area (Å²) in [6, 6.07) is 11.5. The fraction of sp³-hybridized carbons (Fsp3) is 0.167. The number of carbonyl (C=O) groups is 1. The Kier molecular flexibility index (Phi) is 7.23. The fourth-order valence-electron chi connectivity index (χ4n) is 3.53. The molecule has 1 amide bonds. The zero-order valence-electron chi connectivity index (χ0n) is 19.3. The van der Waals surface area contributed by atoms with Crippen LogP contribution < -0.4 is 10.6 Å². The zero-order chi connectivity index (χ0) is 25.9. The highest BCUT2D eigenvalue weighted by Gasteiger charge is 2.23. The molecule has 2 N–H and O–H groups in total. The molecule has 1 unspecified atom stereocenters. The summed E-state index contributed by atoms with van der Waals surface area (Å²) < 4.78 is 45.9. The smallest absolute Gasteiger partial charge is 0.259 e. The van der Waals surface area contributed by atoms with Crippen LogP contribution in [0, 0.1) is 11.6 Å². The van der Waals surface area contributed by atoms with Crippen LogP contribution in [0.2, 0.25) is 0 Å². The van der Waals surface area contributed by atoms with Gasteiger partial charge in [0.25, 0.3) is 11.9 Å². The molecule has 12 heteroatoms. The van der Waals surface area contributed by atoms with Crippen LogP contribution in [0.5, 0.6) is 5.88 Å². The van der Waals surface area contributed by atoms with Crippen LogP contribution in [-0.2, 0) is 9.09 Å². The van der Waals surface area contributed by atoms with E-state index in [1.165, 1.54) is 30.9 Å². The normalized spacial score (nSPS) is 13.7. The van der Waals surface area contributed by atoms with Crippen LogP contribution in [0.15, 0.2) is 67.1 Å². The zero-order valence-corrected chi connectivity index (χ0v) is 20.2. The van der Waals surface area contributed by atoms with Crippen LogP contribution in [0.1, 0.15) is 34.5 Å². The molecule has 4 rings (SSSR count). The number of nitrogens with zero attached hydrogens (tertiary/aromatic N) is 4. The molecular formula is C24H22F2N5O4P. The minimum atomic E-state index is -3.00. The highest BCUT2D eigenvalue weighted by atomic mass is 31.2. The molecule has 9 nitrogen and oxygen atoms in total. The van der Waals surface area contributed by atoms with E-state index in [0.717, 1.165) is 23.3 Å². The summed E-state index contributed by atoms with van der Waals surface area (Å²) in [6.45, 7) is 3.57. The van der Waals surface area contributed by atoms with Crippen molar-refractivity contribution in [3.8, 4) is 11.8 Å². The third-order valence-electron chi connectivity index (χ3n) is 5.31. The first-order chi connectivity index (χ1) is 17.2. The maximum absolute atomic E-state index is 13.6. The molecule has 0 bridgehead atoms. The van der Waals surface area contributed by atoms with Gasteiger partial charge in [-0.2, -0.15) is 10.1 Å². The van der Waals surface area contributed by atoms with E-state index in [1.54, 1.807) is 31.2 Å². The average Bonchev–Trinajstić information content (AvgIpc) is 3.29. The predicted octanol–water partition coefficient (Wildman–Crippen LogP) is 3.74. The number of halogens is 2. The molecule has 4 aromatic rings. The molecule has 0 saturated heterocycles. The molecule has 2 atom stereocenters. The number of aromatic hydroxyl groups is 1. The number of aromatic nitrogens is 4. The first kappa shape index (κ1) is 25.2. The lowest BCUT2D eigenvalue weighted by Crippen LogP contribution is -2.30. The van der Waals surface area contributed by atoms with Gasteiger partial charge < -0.3 is 14.9 Å². The first-order valence-corrected chi connectivity index (χ1v) is 12.9. The summed E-state index contributed by atoms with van der Waals surface area (Å²) in [6.07, 6.45) is 3.06. The van der Waals surface area contributed by atoms with Crippen LogP contribution in [-0.4, -0.2) is 44.0 Å². The summed E-state index contributed by atoms with van der Waals surface area (Å²) in [5.74, 6) is -2.53. The van der Waals surface area contributed by atoms with E-state index in [-0.39, 0.29) is 11.5 Å². The van der Waals surface area contributed by atoms with E-state index in [0.29, 0.717) is 23.0 Å². The Morgan fingerprint density at radius 2 is 1.72 bits per heavy atom. The van der Waals surface area contributed by atoms with Gasteiger partial charge in [-0.25, -0.2) is 18.4 Å². The highest BCUT2D eigenvalue weighted by Crippen LogP contribution is 2.41. The number of carbonyl (C=O) groups excluding carboxylic acids is 1. The van der Waals surface area contributed by atoms with Gasteiger partial charge in [0.15, 0.2) is 5.82 Å². The van der Waals surface area contributed by atoms with Crippen molar-refractivity contribution in [2.24, 2.45) is 0 Å². The molecule has 0 radical (unpaired) electrons. The Morgan fingerprint density at radius 3 is 2.28 bits per heavy atom. The summed E-state index contributed by atoms with van der Waals surface area (Å²) in [5, 5.41) is 17.4. The molecule has 2 aromatic heterocycles. The van der Waals surface area contributed by atoms with Gasteiger partial charge in [0, 0.05) is 18.2 Å². The number of hydrogen-bond acceptors (Lipinski definition) is 7. The van der Waals surface area contributed by atoms with Crippen molar-refractivity contribution >= 4 is 18.6 Å². The van der Waals surface area contributed by atoms with Crippen molar-refractivity contribution in [3.05, 3.63) is 95.4 Å². The molecule has 0 aliphatic rings. The van der Waals surface area contributed by atoms with E-state index in [4.69, 9.17) is 4.52 Å². The van der Waals surface area contributed by atoms with Crippen LogP contribution in [0.3, 0.4) is 0 Å². The van der Waals surface area contributed by atoms with Gasteiger partial charge in [-0.15, -0.1) is 0 Å². The quantitative estimate of drug-likeness (QED) is 0.345. The molecule has 0 saturated carbocycles. The van der Waals surface area contributed by atoms with Crippen molar-refractivity contribution < 1.29 is 27.8 Å². The summed E-state index contributed by atoms with van der Waals surface area (Å²) >= 11 is 0. The van der Waals surface area contributed by atoms with Crippen LogP contribution in [0.4, 0.5) is 8.78 Å². The van der Waals surface area contributed by atoms with Crippen molar-refractivity contribution in [2.75, 3.05) is 13.3 Å². The second kappa shape index (κ2) is 10.3. The highest BCUT2D eigenvalue weighted by molar-refractivity contribution is 7.66. The molecule has 186 valence electrons. The number of nitrogens with one attached hydrogen (secondary N) is 1. The van der Waals surface area contributed by atoms with E-state index in [2.05, 4.69) is 20.4 Å². The first-order valence-electron chi connectivity index (χ1n) is 10.8. The Balaban J connectivity index is 1.64. The molecule has 36 heavy (non-hydrogen) atoms. The van der Waals surface area contributed by atoms with Gasteiger partial charge in [0.05, 0.1) is 25.0 Å². The van der Waals surface area contributed by atoms with Crippen molar-refractivity contribution in [3.63, 3.8) is 0 Å². The second-order valence-corrected chi connectivity index (χ2v) is 10.3. The minimum Gasteiger partial charge on any atom is -0.493 e. The lowest BCUT2D eigenvalue weighted by Gasteiger charge is -2.21. The Labute approximate surface area is 205 Å². The molecule has 0 aliphatic carbocycles. The van der Waals surface area contributed by atoms with Crippen LogP contribution in [0.25, 0.3) is 5.95 Å². The topological polar surface area (TPSA) is 119 Å². The third-order valence-corrected chi connectivity index (χ3v) is 7.29. The Hall–Kier alpha value is -3.95. The van der Waals surface area contributed by atoms with Gasteiger partial charge in [0.2, 0.25) is 13.2 Å². The summed E-state index contributed by atoms with van der Waals surface area (Å²) in [5.41, 5.74) is 0.940. The Bertz CT molecular complexity index is 1430. The largest absolute Gasteiger partial charge is 0.493 e. The third kappa shape index (κ3) is 5.48. The predicted molar refractivity (Wildman–Crippen MR) is 128 cm³/mol. The number of rotatable bonds is 8. The SMILES string of the molecule is CCOP(C)(=O)c1ccc([C@H](NC(=O)c2cnc(-n3cc(F)cn3)nc2O)c2ccc(F)cc2)cc1. The number of benzene rings is 2. The molecule has 0 spiro atoms. The summed E-state index contributed by atoms with van der Waals surface area (Å²) in [4.78, 5) is 20.9. The number of amides is 1. The van der Waals surface area contributed by atoms with Crippen molar-refractivity contribution in [1.29, 1.82) is 0 Å². The average molecular weight is 513 g/mol. The van der Waals surface area contributed by atoms with Crippen molar-refractivity contribution in [1.82, 2.24) is 25.1 Å². The fourth-order valence-corrected chi connectivity index (χ4v) is 4.86. The van der Waals surface area contributed by atoms with Gasteiger partial charge in [0.1, 0.15) is 11.4 Å². The van der Waals surface area contributed by atoms with Crippen molar-refractivity contribution in [2.45, 2.75) is 13.0 Å². The van der Waals surface area contributed by atoms with Gasteiger partial charge >= 0.3 is 0 Å². The second-order valence-electron chi connectivity index (χ2n) is 7.82. The Morgan fingerprint density at radius 1 is 1.08 bits per heavy atom. The molecular weight excluding hydrogens is 491 g/mol. The van der Waals surface area contributed by atoms with E-state index in [1.807, 2.05) is 0 Å². The van der Waals surface area contributed by atoms with Gasteiger partial charge in [-0.3, -0.25) is 9.36 Å². The van der Waals surface area contributed by atoms with Gasteiger partial charge in [-0.1, -0.05) is 24.3 Å². The maximum Gasteiger partial charge on any atom is 0.259 e. The molecule has 0 fully saturated rings. The lowest BCUT2D eigenvalue weighted by molar-refractivity contribution is 0.0939. The van der Waals surface area contributed by atoms with Gasteiger partial charge in [-0.05, 0) is 42.3 Å². The van der Waals surface area contributed by atoms with E-state index in [9.17, 15) is 23.2 Å². The molecule has 2 aromatic carbocycles. The lowest BCUT2D eigenvalue weighted by atomic mass is 9.98. The monoisotopic (exact) mass is 513 g/mol. The maximum atomic E-state index is 13.6. The molecule has 0 aliphatic heterocycles. The summed E-state index contributed by atoms with van der Waals surface area (Å²) in [7, 11) is -3.00. The minimum absolute atomic E-state index is 0.128.